The molecular weight excluding hydrogens is 230 g/mol. The molecule has 88 valence electrons. The van der Waals surface area contributed by atoms with Gasteiger partial charge in [0.15, 0.2) is 18.9 Å². The molecule has 0 aliphatic heterocycles. The van der Waals surface area contributed by atoms with E-state index in [1.165, 1.54) is 0 Å². The summed E-state index contributed by atoms with van der Waals surface area (Å²) in [5, 5.41) is 9.38. The van der Waals surface area contributed by atoms with Crippen LogP contribution in [0.3, 0.4) is 0 Å². The van der Waals surface area contributed by atoms with E-state index < -0.39 is 22.0 Å². The maximum Gasteiger partial charge on any atom is 0.267 e. The Balaban J connectivity index is 2.62. The van der Waals surface area contributed by atoms with Crippen molar-refractivity contribution < 1.29 is 22.6 Å². The van der Waals surface area contributed by atoms with Crippen molar-refractivity contribution in [3.05, 3.63) is 36.7 Å². The van der Waals surface area contributed by atoms with Crippen LogP contribution >= 0.6 is 0 Å². The third-order valence-corrected chi connectivity index (χ3v) is 2.78. The fourth-order valence-corrected chi connectivity index (χ4v) is 1.86. The van der Waals surface area contributed by atoms with Crippen molar-refractivity contribution in [2.45, 2.75) is 12.6 Å². The molecule has 16 heavy (non-hydrogen) atoms. The number of rotatable bonds is 5. The Morgan fingerprint density at radius 1 is 1.44 bits per heavy atom. The van der Waals surface area contributed by atoms with Gasteiger partial charge in [-0.1, -0.05) is 12.7 Å². The Morgan fingerprint density at radius 3 is 2.44 bits per heavy atom. The van der Waals surface area contributed by atoms with Crippen molar-refractivity contribution in [3.8, 4) is 0 Å². The van der Waals surface area contributed by atoms with Gasteiger partial charge in [-0.25, -0.2) is 4.57 Å². The molecule has 1 unspecified atom stereocenters. The zero-order chi connectivity index (χ0) is 12.2. The van der Waals surface area contributed by atoms with E-state index in [9.17, 15) is 13.5 Å². The highest BCUT2D eigenvalue weighted by molar-refractivity contribution is 7.85. The van der Waals surface area contributed by atoms with Crippen LogP contribution in [0.25, 0.3) is 6.08 Å². The molecule has 2 N–H and O–H groups in total. The van der Waals surface area contributed by atoms with Crippen LogP contribution < -0.4 is 4.57 Å². The predicted octanol–water partition coefficient (Wildman–Crippen LogP) is -0.134. The number of nitrogens with zero attached hydrogens (tertiary/aromatic N) is 1. The first kappa shape index (κ1) is 12.8. The molecule has 0 aromatic carbocycles. The molecule has 0 bridgehead atoms. The van der Waals surface area contributed by atoms with Crippen molar-refractivity contribution >= 4 is 16.2 Å². The largest absolute Gasteiger partial charge is 0.385 e. The van der Waals surface area contributed by atoms with Crippen molar-refractivity contribution in [3.63, 3.8) is 0 Å². The van der Waals surface area contributed by atoms with Gasteiger partial charge in [-0.15, -0.1) is 0 Å². The van der Waals surface area contributed by atoms with Gasteiger partial charge in [0.05, 0.1) is 0 Å². The molecule has 1 rings (SSSR count). The minimum Gasteiger partial charge on any atom is -0.385 e. The summed E-state index contributed by atoms with van der Waals surface area (Å²) >= 11 is 0. The SMILES string of the molecule is C=Cc1cc[n+](CC(O)CS(=O)(=O)O)cc1. The highest BCUT2D eigenvalue weighted by Gasteiger charge is 2.17. The van der Waals surface area contributed by atoms with Gasteiger partial charge in [0.25, 0.3) is 10.1 Å². The van der Waals surface area contributed by atoms with E-state index in [1.54, 1.807) is 35.2 Å². The van der Waals surface area contributed by atoms with Crippen molar-refractivity contribution in [2.24, 2.45) is 0 Å². The van der Waals surface area contributed by atoms with E-state index >= 15 is 0 Å². The van der Waals surface area contributed by atoms with E-state index in [1.807, 2.05) is 0 Å². The van der Waals surface area contributed by atoms with E-state index in [0.717, 1.165) is 5.56 Å². The average molecular weight is 244 g/mol. The Morgan fingerprint density at radius 2 is 2.00 bits per heavy atom. The van der Waals surface area contributed by atoms with Gasteiger partial charge < -0.3 is 5.11 Å². The maximum absolute atomic E-state index is 10.5. The molecule has 5 nitrogen and oxygen atoms in total. The van der Waals surface area contributed by atoms with Crippen molar-refractivity contribution in [1.29, 1.82) is 0 Å². The molecular formula is C10H14NO4S+. The number of aromatic nitrogens is 1. The van der Waals surface area contributed by atoms with Crippen LogP contribution in [0.4, 0.5) is 0 Å². The summed E-state index contributed by atoms with van der Waals surface area (Å²) in [7, 11) is -4.14. The van der Waals surface area contributed by atoms with Gasteiger partial charge >= 0.3 is 0 Å². The second kappa shape index (κ2) is 5.20. The minimum atomic E-state index is -4.14. The number of aliphatic hydroxyl groups is 1. The van der Waals surface area contributed by atoms with E-state index in [4.69, 9.17) is 4.55 Å². The summed E-state index contributed by atoms with van der Waals surface area (Å²) in [6, 6.07) is 3.57. The third kappa shape index (κ3) is 4.52. The second-order valence-electron chi connectivity index (χ2n) is 3.43. The van der Waals surface area contributed by atoms with Gasteiger partial charge in [-0.2, -0.15) is 8.42 Å². The lowest BCUT2D eigenvalue weighted by Gasteiger charge is -2.04. The molecule has 1 atom stereocenters. The van der Waals surface area contributed by atoms with Crippen LogP contribution in [0.1, 0.15) is 5.56 Å². The summed E-state index contributed by atoms with van der Waals surface area (Å²) in [6.07, 6.45) is 3.95. The lowest BCUT2D eigenvalue weighted by atomic mass is 10.2. The summed E-state index contributed by atoms with van der Waals surface area (Å²) in [4.78, 5) is 0. The normalized spacial score (nSPS) is 13.4. The van der Waals surface area contributed by atoms with Crippen LogP contribution in [0.5, 0.6) is 0 Å². The number of pyridine rings is 1. The molecule has 0 saturated heterocycles. The van der Waals surface area contributed by atoms with Crippen LogP contribution in [0.15, 0.2) is 31.1 Å². The summed E-state index contributed by atoms with van der Waals surface area (Å²) in [6.45, 7) is 3.71. The predicted molar refractivity (Wildman–Crippen MR) is 59.2 cm³/mol. The van der Waals surface area contributed by atoms with E-state index in [2.05, 4.69) is 6.58 Å². The molecule has 6 heteroatoms. The van der Waals surface area contributed by atoms with Crippen molar-refractivity contribution in [1.82, 2.24) is 0 Å². The quantitative estimate of drug-likeness (QED) is 0.558. The Kier molecular flexibility index (Phi) is 4.17. The third-order valence-electron chi connectivity index (χ3n) is 1.98. The number of hydrogen-bond acceptors (Lipinski definition) is 3. The highest BCUT2D eigenvalue weighted by atomic mass is 32.2. The smallest absolute Gasteiger partial charge is 0.267 e. The molecule has 1 aromatic heterocycles. The van der Waals surface area contributed by atoms with Crippen LogP contribution in [-0.4, -0.2) is 29.9 Å². The molecule has 0 aliphatic carbocycles. The molecule has 0 spiro atoms. The lowest BCUT2D eigenvalue weighted by molar-refractivity contribution is -0.703. The monoisotopic (exact) mass is 244 g/mol. The maximum atomic E-state index is 10.5. The van der Waals surface area contributed by atoms with Crippen LogP contribution in [0.2, 0.25) is 0 Å². The van der Waals surface area contributed by atoms with Crippen LogP contribution in [0, 0.1) is 0 Å². The second-order valence-corrected chi connectivity index (χ2v) is 4.93. The Hall–Kier alpha value is -1.24. The summed E-state index contributed by atoms with van der Waals surface area (Å²) < 4.78 is 31.2. The topological polar surface area (TPSA) is 78.5 Å². The first-order valence-electron chi connectivity index (χ1n) is 4.65. The van der Waals surface area contributed by atoms with Gasteiger partial charge in [-0.05, 0) is 5.56 Å². The van der Waals surface area contributed by atoms with Gasteiger partial charge in [0.2, 0.25) is 0 Å². The zero-order valence-electron chi connectivity index (χ0n) is 8.65. The lowest BCUT2D eigenvalue weighted by Crippen LogP contribution is -2.41. The molecule has 0 fully saturated rings. The fraction of sp³-hybridized carbons (Fsp3) is 0.300. The van der Waals surface area contributed by atoms with Crippen LogP contribution in [-0.2, 0) is 16.7 Å². The Labute approximate surface area is 94.4 Å². The molecule has 0 radical (unpaired) electrons. The molecule has 1 heterocycles. The Bertz CT molecular complexity index is 452. The molecule has 0 amide bonds. The highest BCUT2D eigenvalue weighted by Crippen LogP contribution is 1.96. The molecule has 1 aromatic rings. The van der Waals surface area contributed by atoms with E-state index in [-0.39, 0.29) is 6.54 Å². The number of hydrogen-bond donors (Lipinski definition) is 2. The van der Waals surface area contributed by atoms with Gasteiger partial charge in [0.1, 0.15) is 11.9 Å². The van der Waals surface area contributed by atoms with Crippen molar-refractivity contribution in [2.75, 3.05) is 5.75 Å². The first-order chi connectivity index (χ1) is 7.40. The van der Waals surface area contributed by atoms with Gasteiger partial charge in [-0.3, -0.25) is 4.55 Å². The molecule has 0 saturated carbocycles. The van der Waals surface area contributed by atoms with Gasteiger partial charge in [0, 0.05) is 12.1 Å². The van der Waals surface area contributed by atoms with E-state index in [0.29, 0.717) is 0 Å². The minimum absolute atomic E-state index is 0.108. The average Bonchev–Trinajstić information content (AvgIpc) is 2.16. The first-order valence-corrected chi connectivity index (χ1v) is 6.26. The summed E-state index contributed by atoms with van der Waals surface area (Å²) in [5.74, 6) is -0.663. The summed E-state index contributed by atoms with van der Waals surface area (Å²) in [5.41, 5.74) is 0.931. The standard InChI is InChI=1S/C10H13NO4S/c1-2-9-3-5-11(6-4-9)7-10(12)8-16(13,14)15/h2-6,10,12H,1,7-8H2/p+1. The fourth-order valence-electron chi connectivity index (χ4n) is 1.27. The number of aliphatic hydroxyl groups excluding tert-OH is 1. The molecule has 0 aliphatic rings. The zero-order valence-corrected chi connectivity index (χ0v) is 9.47.